The third-order valence-corrected chi connectivity index (χ3v) is 3.07. The normalized spacial score (nSPS) is 13.2. The van der Waals surface area contributed by atoms with Gasteiger partial charge in [-0.1, -0.05) is 22.0 Å². The van der Waals surface area contributed by atoms with Crippen LogP contribution in [0.5, 0.6) is 0 Å². The van der Waals surface area contributed by atoms with Crippen LogP contribution in [0.2, 0.25) is 0 Å². The van der Waals surface area contributed by atoms with Gasteiger partial charge in [0.1, 0.15) is 0 Å². The summed E-state index contributed by atoms with van der Waals surface area (Å²) in [5, 5.41) is 2.89. The number of nitrogens with one attached hydrogen (secondary N) is 1. The largest absolute Gasteiger partial charge is 0.311 e. The molecule has 0 saturated heterocycles. The lowest BCUT2D eigenvalue weighted by atomic mass is 10.2. The van der Waals surface area contributed by atoms with E-state index in [4.69, 9.17) is 0 Å². The Kier molecular flexibility index (Phi) is 4.77. The Labute approximate surface area is 110 Å². The molecule has 0 aromatic heterocycles. The van der Waals surface area contributed by atoms with Crippen molar-refractivity contribution in [1.82, 2.24) is 5.32 Å². The molecule has 1 aliphatic heterocycles. The van der Waals surface area contributed by atoms with Gasteiger partial charge in [-0.2, -0.15) is 0 Å². The molecule has 1 aromatic carbocycles. The van der Waals surface area contributed by atoms with Crippen molar-refractivity contribution in [3.05, 3.63) is 28.2 Å². The molecule has 0 atom stereocenters. The molecule has 0 fully saturated rings. The van der Waals surface area contributed by atoms with Crippen LogP contribution in [0.1, 0.15) is 5.56 Å². The minimum atomic E-state index is 0. The minimum absolute atomic E-state index is 0. The number of nitrogens with zero attached hydrogens (tertiary/aromatic N) is 1. The predicted molar refractivity (Wildman–Crippen MR) is 71.4 cm³/mol. The number of rotatable bonds is 2. The first kappa shape index (κ1) is 13.5. The number of carbonyl (C=O) groups is 1. The Morgan fingerprint density at radius 3 is 3.00 bits per heavy atom. The fourth-order valence-corrected chi connectivity index (χ4v) is 2.21. The number of amides is 1. The lowest BCUT2D eigenvalue weighted by molar-refractivity contribution is -0.117. The third-order valence-electron chi connectivity index (χ3n) is 2.57. The van der Waals surface area contributed by atoms with E-state index in [1.807, 2.05) is 17.0 Å². The van der Waals surface area contributed by atoms with E-state index in [-0.39, 0.29) is 18.3 Å². The molecular formula is C11H14BrClN2O. The molecule has 0 spiro atoms. The first-order valence-corrected chi connectivity index (χ1v) is 5.75. The van der Waals surface area contributed by atoms with Crippen LogP contribution in [-0.2, 0) is 11.2 Å². The van der Waals surface area contributed by atoms with E-state index < -0.39 is 0 Å². The topological polar surface area (TPSA) is 32.3 Å². The highest BCUT2D eigenvalue weighted by molar-refractivity contribution is 9.10. The summed E-state index contributed by atoms with van der Waals surface area (Å²) >= 11 is 3.43. The smallest absolute Gasteiger partial charge is 0.240 e. The average Bonchev–Trinajstić information content (AvgIpc) is 2.60. The van der Waals surface area contributed by atoms with Gasteiger partial charge in [0.05, 0.1) is 6.54 Å². The quantitative estimate of drug-likeness (QED) is 0.906. The van der Waals surface area contributed by atoms with Gasteiger partial charge in [-0.3, -0.25) is 4.79 Å². The molecular weight excluding hydrogens is 291 g/mol. The summed E-state index contributed by atoms with van der Waals surface area (Å²) < 4.78 is 1.02. The van der Waals surface area contributed by atoms with E-state index in [0.29, 0.717) is 6.54 Å². The lowest BCUT2D eigenvalue weighted by Gasteiger charge is -2.17. The summed E-state index contributed by atoms with van der Waals surface area (Å²) in [5.74, 6) is 0.134. The Bertz CT molecular complexity index is 398. The van der Waals surface area contributed by atoms with Gasteiger partial charge in [0.2, 0.25) is 5.91 Å². The maximum absolute atomic E-state index is 11.8. The fourth-order valence-electron chi connectivity index (χ4n) is 1.86. The summed E-state index contributed by atoms with van der Waals surface area (Å²) in [6.45, 7) is 1.19. The van der Waals surface area contributed by atoms with Crippen molar-refractivity contribution in [2.45, 2.75) is 6.42 Å². The van der Waals surface area contributed by atoms with E-state index in [2.05, 4.69) is 27.3 Å². The highest BCUT2D eigenvalue weighted by Crippen LogP contribution is 2.30. The molecule has 1 aromatic rings. The van der Waals surface area contributed by atoms with Crippen LogP contribution in [-0.4, -0.2) is 26.0 Å². The first-order valence-electron chi connectivity index (χ1n) is 4.96. The van der Waals surface area contributed by atoms with Crippen LogP contribution in [0, 0.1) is 0 Å². The molecule has 0 bridgehead atoms. The van der Waals surface area contributed by atoms with Gasteiger partial charge in [0.15, 0.2) is 0 Å². The van der Waals surface area contributed by atoms with Crippen molar-refractivity contribution in [1.29, 1.82) is 0 Å². The van der Waals surface area contributed by atoms with E-state index in [9.17, 15) is 4.79 Å². The molecule has 0 unspecified atom stereocenters. The van der Waals surface area contributed by atoms with E-state index in [1.54, 1.807) is 7.05 Å². The molecule has 0 saturated carbocycles. The lowest BCUT2D eigenvalue weighted by Crippen LogP contribution is -2.35. The maximum atomic E-state index is 11.8. The molecule has 1 aliphatic rings. The Hall–Kier alpha value is -0.580. The number of likely N-dealkylation sites (N-methyl/N-ethyl adjacent to an activating group) is 1. The van der Waals surface area contributed by atoms with Gasteiger partial charge < -0.3 is 10.2 Å². The van der Waals surface area contributed by atoms with Crippen LogP contribution < -0.4 is 10.2 Å². The average molecular weight is 306 g/mol. The van der Waals surface area contributed by atoms with Crippen molar-refractivity contribution in [3.8, 4) is 0 Å². The van der Waals surface area contributed by atoms with Crippen molar-refractivity contribution < 1.29 is 4.79 Å². The van der Waals surface area contributed by atoms with Gasteiger partial charge >= 0.3 is 0 Å². The molecule has 3 nitrogen and oxygen atoms in total. The van der Waals surface area contributed by atoms with Crippen LogP contribution in [0.4, 0.5) is 5.69 Å². The highest BCUT2D eigenvalue weighted by atomic mass is 79.9. The number of halogens is 2. The second-order valence-corrected chi connectivity index (χ2v) is 4.51. The van der Waals surface area contributed by atoms with Crippen molar-refractivity contribution in [2.75, 3.05) is 25.0 Å². The molecule has 88 valence electrons. The molecule has 0 aliphatic carbocycles. The van der Waals surface area contributed by atoms with Gasteiger partial charge in [-0.25, -0.2) is 0 Å². The van der Waals surface area contributed by atoms with Gasteiger partial charge in [0.25, 0.3) is 0 Å². The Morgan fingerprint density at radius 1 is 1.56 bits per heavy atom. The highest BCUT2D eigenvalue weighted by Gasteiger charge is 2.23. The van der Waals surface area contributed by atoms with Crippen LogP contribution in [0.3, 0.4) is 0 Å². The van der Waals surface area contributed by atoms with Gasteiger partial charge in [-0.15, -0.1) is 12.4 Å². The standard InChI is InChI=1S/C11H13BrN2O.ClH/c1-13-7-11(15)14-5-4-8-2-3-9(12)6-10(8)14;/h2-3,6,13H,4-5,7H2,1H3;1H. The van der Waals surface area contributed by atoms with Crippen molar-refractivity contribution in [2.24, 2.45) is 0 Å². The number of fused-ring (bicyclic) bond motifs is 1. The summed E-state index contributed by atoms with van der Waals surface area (Å²) in [5.41, 5.74) is 2.30. The number of hydrogen-bond donors (Lipinski definition) is 1. The predicted octanol–water partition coefficient (Wildman–Crippen LogP) is 1.98. The zero-order valence-electron chi connectivity index (χ0n) is 9.00. The molecule has 16 heavy (non-hydrogen) atoms. The van der Waals surface area contributed by atoms with Crippen LogP contribution in [0.25, 0.3) is 0 Å². The molecule has 0 radical (unpaired) electrons. The van der Waals surface area contributed by atoms with E-state index in [1.165, 1.54) is 5.56 Å². The fraction of sp³-hybridized carbons (Fsp3) is 0.364. The molecule has 1 amide bonds. The molecule has 1 heterocycles. The van der Waals surface area contributed by atoms with E-state index in [0.717, 1.165) is 23.1 Å². The van der Waals surface area contributed by atoms with E-state index >= 15 is 0 Å². The zero-order valence-corrected chi connectivity index (χ0v) is 11.4. The number of anilines is 1. The summed E-state index contributed by atoms with van der Waals surface area (Å²) in [6, 6.07) is 6.10. The minimum Gasteiger partial charge on any atom is -0.311 e. The summed E-state index contributed by atoms with van der Waals surface area (Å²) in [4.78, 5) is 13.6. The Balaban J connectivity index is 0.00000128. The monoisotopic (exact) mass is 304 g/mol. The summed E-state index contributed by atoms with van der Waals surface area (Å²) in [6.07, 6.45) is 0.956. The zero-order chi connectivity index (χ0) is 10.8. The van der Waals surface area contributed by atoms with Crippen molar-refractivity contribution in [3.63, 3.8) is 0 Å². The maximum Gasteiger partial charge on any atom is 0.240 e. The molecule has 5 heteroatoms. The molecule has 1 N–H and O–H groups in total. The first-order chi connectivity index (χ1) is 7.22. The second kappa shape index (κ2) is 5.66. The van der Waals surface area contributed by atoms with Gasteiger partial charge in [0, 0.05) is 16.7 Å². The van der Waals surface area contributed by atoms with Gasteiger partial charge in [-0.05, 0) is 31.2 Å². The second-order valence-electron chi connectivity index (χ2n) is 3.60. The van der Waals surface area contributed by atoms with Crippen LogP contribution >= 0.6 is 28.3 Å². The SMILES string of the molecule is CNCC(=O)N1CCc2ccc(Br)cc21.Cl. The summed E-state index contributed by atoms with van der Waals surface area (Å²) in [7, 11) is 1.79. The third kappa shape index (κ3) is 2.56. The number of carbonyl (C=O) groups excluding carboxylic acids is 1. The Morgan fingerprint density at radius 2 is 2.31 bits per heavy atom. The molecule has 2 rings (SSSR count). The number of hydrogen-bond acceptors (Lipinski definition) is 2. The van der Waals surface area contributed by atoms with Crippen LogP contribution in [0.15, 0.2) is 22.7 Å². The number of benzene rings is 1. The van der Waals surface area contributed by atoms with Crippen molar-refractivity contribution >= 4 is 39.9 Å².